The second-order valence-electron chi connectivity index (χ2n) is 4.97. The van der Waals surface area contributed by atoms with Crippen molar-refractivity contribution in [3.8, 4) is 0 Å². The molecule has 0 heterocycles. The molecule has 0 aliphatic heterocycles. The van der Waals surface area contributed by atoms with E-state index in [1.165, 1.54) is 37.8 Å². The quantitative estimate of drug-likeness (QED) is 0.519. The summed E-state index contributed by atoms with van der Waals surface area (Å²) in [4.78, 5) is 4.60. The molecule has 0 atom stereocenters. The molecule has 0 N–H and O–H groups in total. The summed E-state index contributed by atoms with van der Waals surface area (Å²) in [6.45, 7) is 8.36. The maximum absolute atomic E-state index is 5.75. The van der Waals surface area contributed by atoms with Gasteiger partial charge in [0.05, 0.1) is 13.2 Å². The first-order chi connectivity index (χ1) is 6.58. The van der Waals surface area contributed by atoms with E-state index in [0.717, 1.165) is 13.2 Å². The third-order valence-electron chi connectivity index (χ3n) is 2.39. The Morgan fingerprint density at radius 1 is 1.14 bits per heavy atom. The number of hydrogen-bond acceptors (Lipinski definition) is 2. The van der Waals surface area contributed by atoms with Gasteiger partial charge >= 0.3 is 0 Å². The molecule has 0 bridgehead atoms. The van der Waals surface area contributed by atoms with Gasteiger partial charge in [-0.1, -0.05) is 6.42 Å². The predicted octanol–water partition coefficient (Wildman–Crippen LogP) is 3.24. The summed E-state index contributed by atoms with van der Waals surface area (Å²) in [5.41, 5.74) is 1.43. The summed E-state index contributed by atoms with van der Waals surface area (Å²) in [5.74, 6) is 0. The molecule has 1 aliphatic rings. The van der Waals surface area contributed by atoms with Gasteiger partial charge in [-0.15, -0.1) is 0 Å². The number of nitrogens with zero attached hydrogens (tertiary/aromatic N) is 1. The fraction of sp³-hybridized carbons (Fsp3) is 0.909. The van der Waals surface area contributed by atoms with Gasteiger partial charge in [-0.3, -0.25) is 4.99 Å². The van der Waals surface area contributed by atoms with Crippen molar-refractivity contribution in [2.24, 2.45) is 4.99 Å². The molecular formula is C11H23NOSi. The van der Waals surface area contributed by atoms with Gasteiger partial charge < -0.3 is 4.43 Å². The Kier molecular flexibility index (Phi) is 4.82. The maximum Gasteiger partial charge on any atom is 0.183 e. The molecule has 0 aromatic heterocycles. The highest BCUT2D eigenvalue weighted by atomic mass is 28.4. The van der Waals surface area contributed by atoms with Gasteiger partial charge in [-0.25, -0.2) is 0 Å². The molecular weight excluding hydrogens is 190 g/mol. The van der Waals surface area contributed by atoms with Gasteiger partial charge in [-0.05, 0) is 45.3 Å². The predicted molar refractivity (Wildman–Crippen MR) is 64.7 cm³/mol. The Hall–Kier alpha value is -0.153. The van der Waals surface area contributed by atoms with E-state index < -0.39 is 8.32 Å². The van der Waals surface area contributed by atoms with E-state index in [9.17, 15) is 0 Å². The zero-order valence-corrected chi connectivity index (χ0v) is 10.8. The molecule has 0 amide bonds. The van der Waals surface area contributed by atoms with Crippen LogP contribution in [0.2, 0.25) is 19.6 Å². The smallest absolute Gasteiger partial charge is 0.183 e. The summed E-state index contributed by atoms with van der Waals surface area (Å²) in [5, 5.41) is 0. The van der Waals surface area contributed by atoms with Gasteiger partial charge in [0.25, 0.3) is 0 Å². The third kappa shape index (κ3) is 5.55. The Labute approximate surface area is 88.9 Å². The van der Waals surface area contributed by atoms with Crippen LogP contribution >= 0.6 is 0 Å². The monoisotopic (exact) mass is 213 g/mol. The fourth-order valence-corrected chi connectivity index (χ4v) is 2.38. The molecule has 2 nitrogen and oxygen atoms in total. The standard InChI is InChI=1S/C11H23NOSi/c1-14(2,3)13-10-9-12-11-7-5-4-6-8-11/h4-10H2,1-3H3. The van der Waals surface area contributed by atoms with Crippen LogP contribution in [0.15, 0.2) is 4.99 Å². The lowest BCUT2D eigenvalue weighted by Gasteiger charge is -2.17. The maximum atomic E-state index is 5.75. The minimum atomic E-state index is -1.31. The summed E-state index contributed by atoms with van der Waals surface area (Å²) in [7, 11) is -1.31. The van der Waals surface area contributed by atoms with Crippen LogP contribution in [-0.2, 0) is 4.43 Å². The molecule has 1 saturated carbocycles. The molecule has 82 valence electrons. The molecule has 1 fully saturated rings. The molecule has 0 radical (unpaired) electrons. The number of hydrogen-bond donors (Lipinski definition) is 0. The van der Waals surface area contributed by atoms with E-state index in [-0.39, 0.29) is 0 Å². The topological polar surface area (TPSA) is 21.6 Å². The lowest BCUT2D eigenvalue weighted by molar-refractivity contribution is 0.322. The minimum absolute atomic E-state index is 0.819. The molecule has 0 spiro atoms. The second kappa shape index (κ2) is 5.66. The van der Waals surface area contributed by atoms with Crippen molar-refractivity contribution >= 4 is 14.0 Å². The SMILES string of the molecule is C[Si](C)(C)OCCN=C1CCCCC1. The van der Waals surface area contributed by atoms with E-state index in [0.29, 0.717) is 0 Å². The van der Waals surface area contributed by atoms with Crippen molar-refractivity contribution < 1.29 is 4.43 Å². The molecule has 1 rings (SSSR count). The van der Waals surface area contributed by atoms with E-state index >= 15 is 0 Å². The molecule has 0 unspecified atom stereocenters. The van der Waals surface area contributed by atoms with Crippen molar-refractivity contribution in [1.82, 2.24) is 0 Å². The first-order valence-electron chi connectivity index (χ1n) is 5.74. The van der Waals surface area contributed by atoms with Gasteiger partial charge in [0.2, 0.25) is 0 Å². The Balaban J connectivity index is 2.13. The zero-order valence-electron chi connectivity index (χ0n) is 9.81. The summed E-state index contributed by atoms with van der Waals surface area (Å²) < 4.78 is 5.75. The average Bonchev–Trinajstić information content (AvgIpc) is 2.13. The van der Waals surface area contributed by atoms with Crippen LogP contribution in [0.5, 0.6) is 0 Å². The second-order valence-corrected chi connectivity index (χ2v) is 9.48. The summed E-state index contributed by atoms with van der Waals surface area (Å²) in [6, 6.07) is 0. The first kappa shape index (κ1) is 11.9. The van der Waals surface area contributed by atoms with Gasteiger partial charge in [-0.2, -0.15) is 0 Å². The minimum Gasteiger partial charge on any atom is -0.416 e. The zero-order chi connectivity index (χ0) is 10.4. The first-order valence-corrected chi connectivity index (χ1v) is 9.15. The molecule has 14 heavy (non-hydrogen) atoms. The number of aliphatic imine (C=N–C) groups is 1. The molecule has 1 aliphatic carbocycles. The van der Waals surface area contributed by atoms with Crippen LogP contribution in [-0.4, -0.2) is 27.2 Å². The van der Waals surface area contributed by atoms with Crippen LogP contribution in [0, 0.1) is 0 Å². The van der Waals surface area contributed by atoms with Gasteiger partial charge in [0.1, 0.15) is 0 Å². The average molecular weight is 213 g/mol. The van der Waals surface area contributed by atoms with Crippen LogP contribution in [0.1, 0.15) is 32.1 Å². The van der Waals surface area contributed by atoms with Crippen molar-refractivity contribution in [3.63, 3.8) is 0 Å². The lowest BCUT2D eigenvalue weighted by atomic mass is 9.99. The van der Waals surface area contributed by atoms with Crippen LogP contribution in [0.25, 0.3) is 0 Å². The molecule has 0 aromatic rings. The molecule has 3 heteroatoms. The van der Waals surface area contributed by atoms with Crippen LogP contribution < -0.4 is 0 Å². The fourth-order valence-electron chi connectivity index (χ4n) is 1.67. The van der Waals surface area contributed by atoms with E-state index in [2.05, 4.69) is 24.6 Å². The highest BCUT2D eigenvalue weighted by Crippen LogP contribution is 2.14. The summed E-state index contributed by atoms with van der Waals surface area (Å²) >= 11 is 0. The van der Waals surface area contributed by atoms with Crippen LogP contribution in [0.3, 0.4) is 0 Å². The van der Waals surface area contributed by atoms with Crippen molar-refractivity contribution in [2.75, 3.05) is 13.2 Å². The van der Waals surface area contributed by atoms with Crippen molar-refractivity contribution in [1.29, 1.82) is 0 Å². The third-order valence-corrected chi connectivity index (χ3v) is 3.46. The van der Waals surface area contributed by atoms with E-state index in [1.54, 1.807) is 0 Å². The van der Waals surface area contributed by atoms with E-state index in [4.69, 9.17) is 4.43 Å². The van der Waals surface area contributed by atoms with Gasteiger partial charge in [0, 0.05) is 5.71 Å². The van der Waals surface area contributed by atoms with Crippen molar-refractivity contribution in [3.05, 3.63) is 0 Å². The van der Waals surface area contributed by atoms with Crippen LogP contribution in [0.4, 0.5) is 0 Å². The highest BCUT2D eigenvalue weighted by molar-refractivity contribution is 6.69. The Morgan fingerprint density at radius 2 is 1.79 bits per heavy atom. The Bertz CT molecular complexity index is 188. The highest BCUT2D eigenvalue weighted by Gasteiger charge is 2.13. The normalized spacial score (nSPS) is 18.4. The van der Waals surface area contributed by atoms with Gasteiger partial charge in [0.15, 0.2) is 8.32 Å². The number of rotatable bonds is 4. The molecule has 0 aromatic carbocycles. The Morgan fingerprint density at radius 3 is 2.36 bits per heavy atom. The summed E-state index contributed by atoms with van der Waals surface area (Å²) in [6.07, 6.45) is 6.53. The largest absolute Gasteiger partial charge is 0.416 e. The van der Waals surface area contributed by atoms with E-state index in [1.807, 2.05) is 0 Å². The van der Waals surface area contributed by atoms with Crippen molar-refractivity contribution in [2.45, 2.75) is 51.7 Å². The molecule has 0 saturated heterocycles. The lowest BCUT2D eigenvalue weighted by Crippen LogP contribution is -2.26.